The number of rotatable bonds is 3. The minimum Gasteiger partial charge on any atom is -0.388 e. The van der Waals surface area contributed by atoms with Gasteiger partial charge in [0.05, 0.1) is 5.60 Å². The summed E-state index contributed by atoms with van der Waals surface area (Å²) >= 11 is 0. The molecule has 1 aliphatic heterocycles. The fraction of sp³-hybridized carbons (Fsp3) is 0.625. The average Bonchev–Trinajstić information content (AvgIpc) is 2.37. The highest BCUT2D eigenvalue weighted by Crippen LogP contribution is 2.30. The van der Waals surface area contributed by atoms with Gasteiger partial charge >= 0.3 is 0 Å². The highest BCUT2D eigenvalue weighted by molar-refractivity contribution is 5.54. The number of hydrogen-bond donors (Lipinski definition) is 3. The van der Waals surface area contributed by atoms with Crippen molar-refractivity contribution in [3.05, 3.63) is 29.8 Å². The van der Waals surface area contributed by atoms with Crippen LogP contribution in [0.3, 0.4) is 0 Å². The van der Waals surface area contributed by atoms with Crippen molar-refractivity contribution in [1.82, 2.24) is 5.32 Å². The molecule has 0 atom stereocenters. The zero-order valence-corrected chi connectivity index (χ0v) is 12.3. The maximum absolute atomic E-state index is 10.5. The van der Waals surface area contributed by atoms with Crippen LogP contribution in [0, 0.1) is 0 Å². The molecule has 0 amide bonds. The molecule has 2 rings (SSSR count). The molecule has 0 unspecified atom stereocenters. The number of hydrogen-bond acceptors (Lipinski definition) is 3. The van der Waals surface area contributed by atoms with Crippen LogP contribution < -0.4 is 10.6 Å². The molecule has 19 heavy (non-hydrogen) atoms. The normalized spacial score (nSPS) is 19.2. The second kappa shape index (κ2) is 5.51. The molecule has 0 aliphatic carbocycles. The molecule has 0 saturated carbocycles. The van der Waals surface area contributed by atoms with Gasteiger partial charge in [-0.3, -0.25) is 0 Å². The van der Waals surface area contributed by atoms with Crippen molar-refractivity contribution in [3.63, 3.8) is 0 Å². The molecule has 1 aliphatic rings. The summed E-state index contributed by atoms with van der Waals surface area (Å²) in [5, 5.41) is 17.3. The van der Waals surface area contributed by atoms with E-state index in [0.717, 1.165) is 31.6 Å². The Bertz CT molecular complexity index is 417. The fourth-order valence-corrected chi connectivity index (χ4v) is 2.62. The fourth-order valence-electron chi connectivity index (χ4n) is 2.62. The molecule has 0 spiro atoms. The van der Waals surface area contributed by atoms with Crippen molar-refractivity contribution in [3.8, 4) is 0 Å². The third-order valence-electron chi connectivity index (χ3n) is 3.88. The minimum absolute atomic E-state index is 0.111. The average molecular weight is 262 g/mol. The Morgan fingerprint density at radius 3 is 2.47 bits per heavy atom. The van der Waals surface area contributed by atoms with Crippen LogP contribution in [0.15, 0.2) is 24.3 Å². The van der Waals surface area contributed by atoms with E-state index in [0.29, 0.717) is 6.54 Å². The minimum atomic E-state index is -0.573. The molecular weight excluding hydrogens is 236 g/mol. The van der Waals surface area contributed by atoms with E-state index in [4.69, 9.17) is 0 Å². The Morgan fingerprint density at radius 1 is 1.21 bits per heavy atom. The first-order valence-electron chi connectivity index (χ1n) is 7.17. The van der Waals surface area contributed by atoms with Gasteiger partial charge in [-0.25, -0.2) is 0 Å². The number of para-hydroxylation sites is 1. The Kier molecular flexibility index (Phi) is 4.16. The van der Waals surface area contributed by atoms with E-state index in [9.17, 15) is 5.11 Å². The number of anilines is 1. The lowest BCUT2D eigenvalue weighted by atomic mass is 9.85. The Morgan fingerprint density at radius 2 is 1.84 bits per heavy atom. The maximum Gasteiger partial charge on any atom is 0.0843 e. The second-order valence-electron chi connectivity index (χ2n) is 6.62. The third kappa shape index (κ3) is 3.71. The summed E-state index contributed by atoms with van der Waals surface area (Å²) in [6.07, 6.45) is 1.63. The molecule has 0 aromatic heterocycles. The summed E-state index contributed by atoms with van der Waals surface area (Å²) in [7, 11) is 0. The lowest BCUT2D eigenvalue weighted by Crippen LogP contribution is -2.46. The Balaban J connectivity index is 2.07. The van der Waals surface area contributed by atoms with Gasteiger partial charge in [-0.2, -0.15) is 0 Å². The molecular formula is C16H26N2O. The standard InChI is InChI=1S/C16H26N2O/c1-15(2,3)13-6-4-5-7-14(13)18-12-16(19)8-10-17-11-9-16/h4-7,17-19H,8-12H2,1-3H3. The molecule has 106 valence electrons. The SMILES string of the molecule is CC(C)(C)c1ccccc1NCC1(O)CCNCC1. The van der Waals surface area contributed by atoms with Crippen LogP contribution in [0.5, 0.6) is 0 Å². The van der Waals surface area contributed by atoms with E-state index in [2.05, 4.69) is 49.6 Å². The smallest absolute Gasteiger partial charge is 0.0843 e. The van der Waals surface area contributed by atoms with E-state index in [1.54, 1.807) is 0 Å². The van der Waals surface area contributed by atoms with E-state index in [-0.39, 0.29) is 5.41 Å². The van der Waals surface area contributed by atoms with Crippen LogP contribution in [0.2, 0.25) is 0 Å². The summed E-state index contributed by atoms with van der Waals surface area (Å²) in [6.45, 7) is 9.08. The van der Waals surface area contributed by atoms with Crippen molar-refractivity contribution in [2.24, 2.45) is 0 Å². The predicted octanol–water partition coefficient (Wildman–Crippen LogP) is 2.51. The van der Waals surface area contributed by atoms with Gasteiger partial charge in [-0.05, 0) is 43.0 Å². The molecule has 0 radical (unpaired) electrons. The number of piperidine rings is 1. The van der Waals surface area contributed by atoms with Gasteiger partial charge in [-0.1, -0.05) is 39.0 Å². The van der Waals surface area contributed by atoms with Crippen molar-refractivity contribution in [1.29, 1.82) is 0 Å². The lowest BCUT2D eigenvalue weighted by molar-refractivity contribution is 0.0232. The first kappa shape index (κ1) is 14.4. The second-order valence-corrected chi connectivity index (χ2v) is 6.62. The summed E-state index contributed by atoms with van der Waals surface area (Å²) in [4.78, 5) is 0. The van der Waals surface area contributed by atoms with Gasteiger partial charge in [0.15, 0.2) is 0 Å². The molecule has 1 fully saturated rings. The van der Waals surface area contributed by atoms with Gasteiger partial charge in [0.1, 0.15) is 0 Å². The van der Waals surface area contributed by atoms with Crippen LogP contribution in [-0.4, -0.2) is 30.3 Å². The Hall–Kier alpha value is -1.06. The molecule has 1 aromatic carbocycles. The highest BCUT2D eigenvalue weighted by atomic mass is 16.3. The van der Waals surface area contributed by atoms with Gasteiger partial charge in [-0.15, -0.1) is 0 Å². The molecule has 3 nitrogen and oxygen atoms in total. The topological polar surface area (TPSA) is 44.3 Å². The zero-order chi connectivity index (χ0) is 13.9. The monoisotopic (exact) mass is 262 g/mol. The Labute approximate surface area is 116 Å². The zero-order valence-electron chi connectivity index (χ0n) is 12.3. The maximum atomic E-state index is 10.5. The van der Waals surface area contributed by atoms with Crippen molar-refractivity contribution in [2.45, 2.75) is 44.6 Å². The quantitative estimate of drug-likeness (QED) is 0.784. The first-order chi connectivity index (χ1) is 8.91. The van der Waals surface area contributed by atoms with Crippen molar-refractivity contribution >= 4 is 5.69 Å². The van der Waals surface area contributed by atoms with Crippen molar-refractivity contribution in [2.75, 3.05) is 25.0 Å². The van der Waals surface area contributed by atoms with Crippen molar-refractivity contribution < 1.29 is 5.11 Å². The van der Waals surface area contributed by atoms with Gasteiger partial charge in [0.25, 0.3) is 0 Å². The van der Waals surface area contributed by atoms with E-state index >= 15 is 0 Å². The summed E-state index contributed by atoms with van der Waals surface area (Å²) < 4.78 is 0. The van der Waals surface area contributed by atoms with Gasteiger partial charge in [0, 0.05) is 12.2 Å². The van der Waals surface area contributed by atoms with Gasteiger partial charge in [0.2, 0.25) is 0 Å². The highest BCUT2D eigenvalue weighted by Gasteiger charge is 2.29. The number of aliphatic hydroxyl groups is 1. The van der Waals surface area contributed by atoms with E-state index in [1.165, 1.54) is 5.56 Å². The molecule has 0 bridgehead atoms. The van der Waals surface area contributed by atoms with Crippen LogP contribution in [-0.2, 0) is 5.41 Å². The molecule has 3 N–H and O–H groups in total. The number of nitrogens with one attached hydrogen (secondary N) is 2. The summed E-state index contributed by atoms with van der Waals surface area (Å²) in [5.74, 6) is 0. The van der Waals surface area contributed by atoms with Crippen LogP contribution in [0.1, 0.15) is 39.2 Å². The molecule has 1 aromatic rings. The van der Waals surface area contributed by atoms with E-state index in [1.807, 2.05) is 6.07 Å². The summed E-state index contributed by atoms with van der Waals surface area (Å²) in [5.41, 5.74) is 1.98. The molecule has 1 saturated heterocycles. The lowest BCUT2D eigenvalue weighted by Gasteiger charge is -2.34. The third-order valence-corrected chi connectivity index (χ3v) is 3.88. The van der Waals surface area contributed by atoms with Gasteiger partial charge < -0.3 is 15.7 Å². The predicted molar refractivity (Wildman–Crippen MR) is 80.7 cm³/mol. The van der Waals surface area contributed by atoms with E-state index < -0.39 is 5.60 Å². The van der Waals surface area contributed by atoms with Crippen LogP contribution in [0.4, 0.5) is 5.69 Å². The van der Waals surface area contributed by atoms with Crippen LogP contribution >= 0.6 is 0 Å². The molecule has 3 heteroatoms. The summed E-state index contributed by atoms with van der Waals surface area (Å²) in [6, 6.07) is 8.38. The molecule has 1 heterocycles. The largest absolute Gasteiger partial charge is 0.388 e. The first-order valence-corrected chi connectivity index (χ1v) is 7.17. The van der Waals surface area contributed by atoms with Crippen LogP contribution in [0.25, 0.3) is 0 Å². The number of benzene rings is 1.